The van der Waals surface area contributed by atoms with Crippen molar-refractivity contribution in [2.45, 2.75) is 82.8 Å². The van der Waals surface area contributed by atoms with Crippen molar-refractivity contribution in [3.05, 3.63) is 35.4 Å². The summed E-state index contributed by atoms with van der Waals surface area (Å²) >= 11 is 0. The topological polar surface area (TPSA) is 63.5 Å². The fourth-order valence-electron chi connectivity index (χ4n) is 3.51. The molecular weight excluding hydrogens is 356 g/mol. The van der Waals surface area contributed by atoms with E-state index in [1.165, 1.54) is 0 Å². The van der Waals surface area contributed by atoms with Crippen molar-refractivity contribution in [3.63, 3.8) is 0 Å². The minimum absolute atomic E-state index is 0.0255. The van der Waals surface area contributed by atoms with E-state index in [-0.39, 0.29) is 29.3 Å². The third-order valence-electron chi connectivity index (χ3n) is 6.11. The number of nitrogens with one attached hydrogen (secondary N) is 1. The monoisotopic (exact) mass is 388 g/mol. The smallest absolute Gasteiger partial charge is 0.192 e. The van der Waals surface area contributed by atoms with Gasteiger partial charge in [-0.25, -0.2) is 0 Å². The number of nitrogens with zero attached hydrogens (tertiary/aromatic N) is 1. The summed E-state index contributed by atoms with van der Waals surface area (Å²) in [4.78, 5) is 0. The summed E-state index contributed by atoms with van der Waals surface area (Å²) < 4.78 is 18.9. The molecule has 3 rings (SSSR count). The predicted octanol–water partition coefficient (Wildman–Crippen LogP) is 4.11. The van der Waals surface area contributed by atoms with Gasteiger partial charge in [-0.15, -0.1) is 0 Å². The average Bonchev–Trinajstić information content (AvgIpc) is 3.05. The van der Waals surface area contributed by atoms with Crippen molar-refractivity contribution in [2.75, 3.05) is 6.61 Å². The lowest BCUT2D eigenvalue weighted by Crippen LogP contribution is -2.47. The third kappa shape index (κ3) is 4.13. The summed E-state index contributed by atoms with van der Waals surface area (Å²) in [6, 6.07) is 9.98. The first-order valence-corrected chi connectivity index (χ1v) is 12.6. The fraction of sp³-hybridized carbons (Fsp3) is 0.667. The molecular formula is C21H32N2O3Si. The second kappa shape index (κ2) is 6.98. The van der Waals surface area contributed by atoms with Gasteiger partial charge in [0, 0.05) is 0 Å². The number of rotatable bonds is 4. The van der Waals surface area contributed by atoms with Gasteiger partial charge in [0.2, 0.25) is 0 Å². The molecule has 0 saturated carbocycles. The Balaban J connectivity index is 1.79. The van der Waals surface area contributed by atoms with E-state index in [2.05, 4.69) is 45.3 Å². The van der Waals surface area contributed by atoms with Crippen LogP contribution in [0.15, 0.2) is 24.3 Å². The van der Waals surface area contributed by atoms with Crippen LogP contribution in [0.3, 0.4) is 0 Å². The van der Waals surface area contributed by atoms with Gasteiger partial charge in [0.05, 0.1) is 30.3 Å². The molecule has 0 radical (unpaired) electrons. The van der Waals surface area contributed by atoms with E-state index in [0.717, 1.165) is 5.56 Å². The van der Waals surface area contributed by atoms with E-state index in [1.54, 1.807) is 0 Å². The predicted molar refractivity (Wildman–Crippen MR) is 108 cm³/mol. The van der Waals surface area contributed by atoms with Gasteiger partial charge in [0.1, 0.15) is 12.2 Å². The number of hydrogen-bond acceptors (Lipinski definition) is 5. The largest absolute Gasteiger partial charge is 0.415 e. The Morgan fingerprint density at radius 2 is 1.74 bits per heavy atom. The molecule has 1 aromatic rings. The van der Waals surface area contributed by atoms with Gasteiger partial charge >= 0.3 is 0 Å². The highest BCUT2D eigenvalue weighted by molar-refractivity contribution is 6.74. The van der Waals surface area contributed by atoms with Gasteiger partial charge in [0.15, 0.2) is 14.1 Å². The average molecular weight is 389 g/mol. The van der Waals surface area contributed by atoms with Gasteiger partial charge in [0.25, 0.3) is 0 Å². The van der Waals surface area contributed by atoms with Crippen molar-refractivity contribution >= 4 is 8.32 Å². The summed E-state index contributed by atoms with van der Waals surface area (Å²) in [5.41, 5.74) is 1.77. The van der Waals surface area contributed by atoms with E-state index in [0.29, 0.717) is 12.2 Å². The van der Waals surface area contributed by atoms with Crippen LogP contribution in [-0.2, 0) is 13.9 Å². The highest BCUT2D eigenvalue weighted by Crippen LogP contribution is 2.42. The van der Waals surface area contributed by atoms with Crippen molar-refractivity contribution in [2.24, 2.45) is 0 Å². The summed E-state index contributed by atoms with van der Waals surface area (Å²) in [7, 11) is -1.84. The second-order valence-corrected chi connectivity index (χ2v) is 14.4. The molecule has 2 aliphatic rings. The maximum Gasteiger partial charge on any atom is 0.192 e. The quantitative estimate of drug-likeness (QED) is 0.786. The molecule has 0 aromatic heterocycles. The van der Waals surface area contributed by atoms with Crippen LogP contribution in [0.5, 0.6) is 0 Å². The van der Waals surface area contributed by atoms with Crippen molar-refractivity contribution in [1.82, 2.24) is 5.32 Å². The number of nitriles is 1. The lowest BCUT2D eigenvalue weighted by Gasteiger charge is -2.37. The first-order chi connectivity index (χ1) is 12.4. The van der Waals surface area contributed by atoms with Gasteiger partial charge < -0.3 is 19.2 Å². The van der Waals surface area contributed by atoms with Crippen LogP contribution in [0, 0.1) is 11.3 Å². The fourth-order valence-corrected chi connectivity index (χ4v) is 4.54. The zero-order chi connectivity index (χ0) is 20.0. The highest BCUT2D eigenvalue weighted by atomic mass is 28.4. The zero-order valence-corrected chi connectivity index (χ0v) is 18.5. The molecule has 0 bridgehead atoms. The molecule has 1 N–H and O–H groups in total. The number of hydrogen-bond donors (Lipinski definition) is 1. The Kier molecular flexibility index (Phi) is 5.30. The third-order valence-corrected chi connectivity index (χ3v) is 10.6. The molecule has 27 heavy (non-hydrogen) atoms. The van der Waals surface area contributed by atoms with Crippen LogP contribution in [0.1, 0.15) is 51.8 Å². The second-order valence-electron chi connectivity index (χ2n) is 9.62. The Labute approximate surface area is 164 Å². The molecule has 0 amide bonds. The molecule has 2 heterocycles. The lowest BCUT2D eigenvalue weighted by molar-refractivity contribution is -0.157. The first kappa shape index (κ1) is 20.5. The standard InChI is InChI=1S/C21H32N2O3Si/c1-20(2,3)27(6,7)24-13-16-18-19(26-21(4,5)25-18)17(23-16)15-10-8-14(12-22)9-11-15/h8-11,16-19,23H,13H2,1-7H3/t16-,17+,18-,19+/m1/s1. The maximum absolute atomic E-state index is 9.04. The van der Waals surface area contributed by atoms with Crippen LogP contribution >= 0.6 is 0 Å². The highest BCUT2D eigenvalue weighted by Gasteiger charge is 2.54. The minimum atomic E-state index is -1.84. The lowest BCUT2D eigenvalue weighted by atomic mass is 10.00. The van der Waals surface area contributed by atoms with E-state index < -0.39 is 14.1 Å². The number of fused-ring (bicyclic) bond motifs is 1. The van der Waals surface area contributed by atoms with Crippen molar-refractivity contribution < 1.29 is 13.9 Å². The Morgan fingerprint density at radius 3 is 2.30 bits per heavy atom. The summed E-state index contributed by atoms with van der Waals surface area (Å²) in [5.74, 6) is -0.600. The Hall–Kier alpha value is -1.23. The molecule has 0 spiro atoms. The molecule has 0 unspecified atom stereocenters. The summed E-state index contributed by atoms with van der Waals surface area (Å²) in [6.07, 6.45) is -0.119. The maximum atomic E-state index is 9.04. The molecule has 4 atom stereocenters. The van der Waals surface area contributed by atoms with E-state index in [4.69, 9.17) is 19.2 Å². The molecule has 2 saturated heterocycles. The van der Waals surface area contributed by atoms with Gasteiger partial charge in [-0.05, 0) is 49.7 Å². The van der Waals surface area contributed by atoms with Crippen LogP contribution in [0.25, 0.3) is 0 Å². The Bertz CT molecular complexity index is 718. The first-order valence-electron chi connectivity index (χ1n) is 9.69. The van der Waals surface area contributed by atoms with Gasteiger partial charge in [-0.3, -0.25) is 0 Å². The van der Waals surface area contributed by atoms with Crippen LogP contribution in [0.4, 0.5) is 0 Å². The van der Waals surface area contributed by atoms with Gasteiger partial charge in [-0.1, -0.05) is 32.9 Å². The number of ether oxygens (including phenoxy) is 2. The van der Waals surface area contributed by atoms with Crippen molar-refractivity contribution in [1.29, 1.82) is 5.26 Å². The van der Waals surface area contributed by atoms with Crippen LogP contribution in [0.2, 0.25) is 18.1 Å². The van der Waals surface area contributed by atoms with Gasteiger partial charge in [-0.2, -0.15) is 5.26 Å². The van der Waals surface area contributed by atoms with E-state index in [1.807, 2.05) is 38.1 Å². The summed E-state index contributed by atoms with van der Waals surface area (Å²) in [5, 5.41) is 12.9. The molecule has 2 aliphatic heterocycles. The normalized spacial score (nSPS) is 30.1. The molecule has 6 heteroatoms. The van der Waals surface area contributed by atoms with Crippen LogP contribution in [-0.4, -0.2) is 39.0 Å². The van der Waals surface area contributed by atoms with Crippen LogP contribution < -0.4 is 5.32 Å². The molecule has 1 aromatic carbocycles. The number of benzene rings is 1. The summed E-state index contributed by atoms with van der Waals surface area (Å²) in [6.45, 7) is 15.8. The molecule has 0 aliphatic carbocycles. The van der Waals surface area contributed by atoms with E-state index in [9.17, 15) is 0 Å². The minimum Gasteiger partial charge on any atom is -0.415 e. The molecule has 148 valence electrons. The van der Waals surface area contributed by atoms with Crippen molar-refractivity contribution in [3.8, 4) is 6.07 Å². The molecule has 5 nitrogen and oxygen atoms in total. The zero-order valence-electron chi connectivity index (χ0n) is 17.5. The molecule has 2 fully saturated rings. The Morgan fingerprint density at radius 1 is 1.15 bits per heavy atom. The van der Waals surface area contributed by atoms with E-state index >= 15 is 0 Å². The SMILES string of the molecule is CC1(C)O[C@@H]2[C@H](O1)[C@@H](CO[Si](C)(C)C(C)(C)C)N[C@H]2c1ccc(C#N)cc1.